The summed E-state index contributed by atoms with van der Waals surface area (Å²) in [6.07, 6.45) is 1.94. The Kier molecular flexibility index (Phi) is 7.14. The van der Waals surface area contributed by atoms with E-state index in [-0.39, 0.29) is 34.1 Å². The Labute approximate surface area is 232 Å². The molecule has 1 spiro atoms. The van der Waals surface area contributed by atoms with Crippen LogP contribution in [0.3, 0.4) is 0 Å². The number of aryl methyl sites for hydroxylation is 1. The highest BCUT2D eigenvalue weighted by Gasteiger charge is 2.72. The lowest BCUT2D eigenvalue weighted by Crippen LogP contribution is -2.66. The number of ketones is 1. The molecule has 39 heavy (non-hydrogen) atoms. The van der Waals surface area contributed by atoms with Gasteiger partial charge in [0.2, 0.25) is 0 Å². The summed E-state index contributed by atoms with van der Waals surface area (Å²) in [6, 6.07) is 0. The van der Waals surface area contributed by atoms with Crippen LogP contribution in [0.25, 0.3) is 0 Å². The van der Waals surface area contributed by atoms with Gasteiger partial charge in [0.1, 0.15) is 11.7 Å². The number of Topliss-reactive ketones (excluding diaryl/α,β-unsaturated/α-hetero) is 1. The Morgan fingerprint density at radius 1 is 1.21 bits per heavy atom. The van der Waals surface area contributed by atoms with Crippen LogP contribution in [-0.4, -0.2) is 61.3 Å². The predicted molar refractivity (Wildman–Crippen MR) is 148 cm³/mol. The van der Waals surface area contributed by atoms with Gasteiger partial charge in [-0.25, -0.2) is 4.79 Å². The lowest BCUT2D eigenvalue weighted by Gasteiger charge is -2.51. The molecule has 1 aromatic heterocycles. The fourth-order valence-electron chi connectivity index (χ4n) is 7.47. The molecular formula is C31H46N2O6. The van der Waals surface area contributed by atoms with Crippen molar-refractivity contribution < 1.29 is 29.6 Å². The minimum atomic E-state index is -2.18. The molecular weight excluding hydrogens is 496 g/mol. The molecule has 8 heteroatoms. The van der Waals surface area contributed by atoms with Crippen LogP contribution in [0.5, 0.6) is 0 Å². The number of aromatic nitrogens is 2. The molecule has 7 atom stereocenters. The van der Waals surface area contributed by atoms with Gasteiger partial charge in [-0.1, -0.05) is 39.8 Å². The minimum Gasteiger partial charge on any atom is -0.451 e. The molecule has 0 amide bonds. The first-order valence-corrected chi connectivity index (χ1v) is 14.1. The van der Waals surface area contributed by atoms with Crippen LogP contribution in [0, 0.1) is 42.4 Å². The van der Waals surface area contributed by atoms with Crippen molar-refractivity contribution in [3.8, 4) is 0 Å². The van der Waals surface area contributed by atoms with Crippen molar-refractivity contribution in [3.05, 3.63) is 40.2 Å². The van der Waals surface area contributed by atoms with Gasteiger partial charge in [0, 0.05) is 5.92 Å². The molecule has 3 aliphatic carbocycles. The fourth-order valence-corrected chi connectivity index (χ4v) is 7.47. The number of allylic oxidation sites excluding steroid dienone is 1. The molecule has 1 heterocycles. The summed E-state index contributed by atoms with van der Waals surface area (Å²) in [7, 11) is 0. The van der Waals surface area contributed by atoms with Gasteiger partial charge in [-0.05, 0) is 82.8 Å². The van der Waals surface area contributed by atoms with Gasteiger partial charge in [-0.2, -0.15) is 5.10 Å². The van der Waals surface area contributed by atoms with Crippen LogP contribution < -0.4 is 0 Å². The van der Waals surface area contributed by atoms with Crippen LogP contribution in [0.4, 0.5) is 0 Å². The van der Waals surface area contributed by atoms with Gasteiger partial charge >= 0.3 is 5.97 Å². The van der Waals surface area contributed by atoms with Crippen molar-refractivity contribution in [3.63, 3.8) is 0 Å². The average Bonchev–Trinajstić information content (AvgIpc) is 3.25. The summed E-state index contributed by atoms with van der Waals surface area (Å²) in [5, 5.41) is 39.3. The van der Waals surface area contributed by atoms with Crippen LogP contribution in [0.2, 0.25) is 0 Å². The smallest absolute Gasteiger partial charge is 0.342 e. The second kappa shape index (κ2) is 9.38. The topological polar surface area (TPSA) is 122 Å². The Morgan fingerprint density at radius 2 is 1.82 bits per heavy atom. The molecule has 1 saturated carbocycles. The van der Waals surface area contributed by atoms with E-state index in [4.69, 9.17) is 4.74 Å². The maximum Gasteiger partial charge on any atom is 0.342 e. The molecule has 3 aliphatic rings. The second-order valence-corrected chi connectivity index (χ2v) is 13.9. The van der Waals surface area contributed by atoms with Crippen molar-refractivity contribution in [2.24, 2.45) is 28.6 Å². The molecule has 0 aliphatic heterocycles. The van der Waals surface area contributed by atoms with Gasteiger partial charge < -0.3 is 20.1 Å². The van der Waals surface area contributed by atoms with Crippen LogP contribution >= 0.6 is 0 Å². The van der Waals surface area contributed by atoms with Gasteiger partial charge in [0.25, 0.3) is 0 Å². The first-order chi connectivity index (χ1) is 17.9. The monoisotopic (exact) mass is 542 g/mol. The third-order valence-electron chi connectivity index (χ3n) is 10.1. The molecule has 0 aromatic carbocycles. The molecule has 0 radical (unpaired) electrons. The fraction of sp³-hybridized carbons (Fsp3) is 0.710. The molecule has 1 aromatic rings. The number of nitrogens with zero attached hydrogens (tertiary/aromatic N) is 2. The predicted octanol–water partition coefficient (Wildman–Crippen LogP) is 4.03. The van der Waals surface area contributed by atoms with E-state index in [1.807, 2.05) is 34.6 Å². The summed E-state index contributed by atoms with van der Waals surface area (Å²) < 4.78 is 7.85. The number of fused-ring (bicyclic) bond motifs is 1. The van der Waals surface area contributed by atoms with E-state index in [9.17, 15) is 24.9 Å². The third-order valence-corrected chi connectivity index (χ3v) is 10.1. The zero-order valence-corrected chi connectivity index (χ0v) is 25.1. The summed E-state index contributed by atoms with van der Waals surface area (Å²) in [4.78, 5) is 28.3. The molecule has 8 nitrogen and oxygen atoms in total. The quantitative estimate of drug-likeness (QED) is 0.389. The van der Waals surface area contributed by atoms with Crippen molar-refractivity contribution in [1.29, 1.82) is 0 Å². The Balaban J connectivity index is 1.87. The maximum atomic E-state index is 14.6. The lowest BCUT2D eigenvalue weighted by molar-refractivity contribution is -0.194. The van der Waals surface area contributed by atoms with E-state index >= 15 is 0 Å². The summed E-state index contributed by atoms with van der Waals surface area (Å²) in [6.45, 7) is 18.9. The van der Waals surface area contributed by atoms with Gasteiger partial charge in [-0.3, -0.25) is 9.48 Å². The summed E-state index contributed by atoms with van der Waals surface area (Å²) >= 11 is 0. The average molecular weight is 543 g/mol. The highest BCUT2D eigenvalue weighted by molar-refractivity contribution is 5.96. The number of hydrogen-bond donors (Lipinski definition) is 3. The first-order valence-electron chi connectivity index (χ1n) is 14.1. The van der Waals surface area contributed by atoms with Gasteiger partial charge in [0.05, 0.1) is 28.9 Å². The number of hydrogen-bond acceptors (Lipinski definition) is 7. The van der Waals surface area contributed by atoms with Crippen molar-refractivity contribution in [2.75, 3.05) is 6.61 Å². The number of aliphatic hydroxyl groups excluding tert-OH is 2. The summed E-state index contributed by atoms with van der Waals surface area (Å²) in [5.41, 5.74) is -2.11. The molecule has 0 saturated heterocycles. The highest BCUT2D eigenvalue weighted by atomic mass is 16.6. The SMILES string of the molecule is CC1=C[C@]23C(=O)[C@@H](C=C(CO)[C@@H](O)[C@]2(O)[C@H]1OC(=O)c1c(C)nn(C(C)(C)C)c1C)[C@@H](C)C(C)(C)CC[C@H]3C. The van der Waals surface area contributed by atoms with E-state index in [1.165, 1.54) is 0 Å². The number of carbonyl (C=O) groups excluding carboxylic acids is 2. The number of aliphatic hydroxyl groups is 3. The van der Waals surface area contributed by atoms with Gasteiger partial charge in [-0.15, -0.1) is 0 Å². The van der Waals surface area contributed by atoms with E-state index in [1.54, 1.807) is 37.6 Å². The second-order valence-electron chi connectivity index (χ2n) is 13.9. The Hall–Kier alpha value is -2.29. The number of carbonyl (C=O) groups is 2. The Bertz CT molecular complexity index is 1250. The van der Waals surface area contributed by atoms with E-state index in [0.29, 0.717) is 28.9 Å². The van der Waals surface area contributed by atoms with E-state index in [0.717, 1.165) is 6.42 Å². The molecule has 1 fully saturated rings. The molecule has 2 bridgehead atoms. The standard InChI is InChI=1S/C31H46N2O6/c1-16-14-30-17(2)11-12-29(9,10)18(3)22(25(30)36)13-21(15-34)24(35)31(30,38)26(16)39-27(37)23-19(4)32-33(20(23)5)28(6,7)8/h13-14,17-18,22,24,26,34-35,38H,11-12,15H2,1-10H3/t17-,18-,22+,24-,26+,30+,31+/m1/s1. The van der Waals surface area contributed by atoms with Crippen LogP contribution in [0.1, 0.15) is 90.0 Å². The van der Waals surface area contributed by atoms with Crippen molar-refractivity contribution in [1.82, 2.24) is 9.78 Å². The lowest BCUT2D eigenvalue weighted by atomic mass is 9.54. The highest BCUT2D eigenvalue weighted by Crippen LogP contribution is 2.61. The zero-order chi connectivity index (χ0) is 29.5. The number of esters is 1. The van der Waals surface area contributed by atoms with Crippen LogP contribution in [0.15, 0.2) is 23.3 Å². The largest absolute Gasteiger partial charge is 0.451 e. The molecule has 4 rings (SSSR count). The molecule has 0 unspecified atom stereocenters. The first kappa shape index (κ1) is 29.7. The normalized spacial score (nSPS) is 36.3. The van der Waals surface area contributed by atoms with E-state index < -0.39 is 41.7 Å². The van der Waals surface area contributed by atoms with Crippen molar-refractivity contribution in [2.45, 2.75) is 105 Å². The molecule has 3 N–H and O–H groups in total. The van der Waals surface area contributed by atoms with Gasteiger partial charge in [0.15, 0.2) is 17.5 Å². The Morgan fingerprint density at radius 3 is 2.36 bits per heavy atom. The minimum absolute atomic E-state index is 0.102. The summed E-state index contributed by atoms with van der Waals surface area (Å²) in [5.74, 6) is -1.95. The maximum absolute atomic E-state index is 14.6. The number of rotatable bonds is 3. The number of ether oxygens (including phenoxy) is 1. The van der Waals surface area contributed by atoms with Crippen LogP contribution in [-0.2, 0) is 15.1 Å². The molecule has 216 valence electrons. The van der Waals surface area contributed by atoms with Crippen molar-refractivity contribution >= 4 is 11.8 Å². The third kappa shape index (κ3) is 4.08. The zero-order valence-electron chi connectivity index (χ0n) is 25.1. The van der Waals surface area contributed by atoms with E-state index in [2.05, 4.69) is 18.9 Å².